The molecule has 0 unspecified atom stereocenters. The van der Waals surface area contributed by atoms with Crippen molar-refractivity contribution in [3.8, 4) is 11.4 Å². The number of rotatable bonds is 7. The molecule has 0 amide bonds. The molecule has 1 N–H and O–H groups in total. The molecule has 0 saturated heterocycles. The summed E-state index contributed by atoms with van der Waals surface area (Å²) in [5, 5.41) is 9.71. The van der Waals surface area contributed by atoms with Gasteiger partial charge in [-0.25, -0.2) is 24.1 Å². The van der Waals surface area contributed by atoms with E-state index in [2.05, 4.69) is 34.6 Å². The topological polar surface area (TPSA) is 94.5 Å². The molecule has 162 valence electrons. The van der Waals surface area contributed by atoms with Gasteiger partial charge in [-0.1, -0.05) is 19.6 Å². The Morgan fingerprint density at radius 1 is 1.26 bits per heavy atom. The van der Waals surface area contributed by atoms with Crippen LogP contribution in [0.5, 0.6) is 0 Å². The van der Waals surface area contributed by atoms with Crippen LogP contribution in [0.2, 0.25) is 31.0 Å². The molecule has 4 aromatic heterocycles. The van der Waals surface area contributed by atoms with Crippen molar-refractivity contribution in [1.29, 1.82) is 0 Å². The highest BCUT2D eigenvalue weighted by Gasteiger charge is 2.20. The Labute approximate surface area is 183 Å². The van der Waals surface area contributed by atoms with Crippen LogP contribution in [0, 0.1) is 5.82 Å². The molecule has 4 aromatic rings. The average Bonchev–Trinajstić information content (AvgIpc) is 3.22. The molecule has 0 aliphatic heterocycles. The van der Waals surface area contributed by atoms with Gasteiger partial charge in [-0.2, -0.15) is 0 Å². The number of aromatic carboxylic acids is 1. The number of carboxylic acids is 1. The Morgan fingerprint density at radius 3 is 2.74 bits per heavy atom. The van der Waals surface area contributed by atoms with E-state index in [1.165, 1.54) is 35.1 Å². The number of pyridine rings is 1. The van der Waals surface area contributed by atoms with E-state index < -0.39 is 19.9 Å². The maximum atomic E-state index is 13.6. The Kier molecular flexibility index (Phi) is 5.54. The third-order valence-electron chi connectivity index (χ3n) is 4.82. The summed E-state index contributed by atoms with van der Waals surface area (Å²) in [7, 11) is -1.23. The number of hydrogen-bond acceptors (Lipinski definition) is 5. The first kappa shape index (κ1) is 21.4. The summed E-state index contributed by atoms with van der Waals surface area (Å²) in [5.74, 6) is -1.58. The predicted octanol–water partition coefficient (Wildman–Crippen LogP) is 4.55. The Morgan fingerprint density at radius 2 is 2.03 bits per heavy atom. The third kappa shape index (κ3) is 4.32. The molecule has 0 radical (unpaired) electrons. The van der Waals surface area contributed by atoms with Crippen LogP contribution in [0.1, 0.15) is 10.4 Å². The Hall–Kier alpha value is -2.82. The fourth-order valence-electron chi connectivity index (χ4n) is 3.17. The molecule has 0 fully saturated rings. The molecule has 0 aromatic carbocycles. The van der Waals surface area contributed by atoms with E-state index in [4.69, 9.17) is 16.3 Å². The first-order valence-electron chi connectivity index (χ1n) is 9.64. The van der Waals surface area contributed by atoms with E-state index in [0.29, 0.717) is 29.2 Å². The summed E-state index contributed by atoms with van der Waals surface area (Å²) in [4.78, 5) is 25.0. The molecule has 11 heteroatoms. The van der Waals surface area contributed by atoms with Gasteiger partial charge < -0.3 is 14.4 Å². The van der Waals surface area contributed by atoms with Crippen molar-refractivity contribution in [3.05, 3.63) is 47.4 Å². The summed E-state index contributed by atoms with van der Waals surface area (Å²) in [6.07, 6.45) is 4.19. The number of hydrogen-bond donors (Lipinski definition) is 1. The fraction of sp³-hybridized carbons (Fsp3) is 0.300. The first-order chi connectivity index (χ1) is 14.6. The average molecular weight is 462 g/mol. The smallest absolute Gasteiger partial charge is 0.339 e. The van der Waals surface area contributed by atoms with Gasteiger partial charge in [-0.15, -0.1) is 0 Å². The van der Waals surface area contributed by atoms with Crippen molar-refractivity contribution in [2.24, 2.45) is 0 Å². The van der Waals surface area contributed by atoms with Crippen LogP contribution in [-0.2, 0) is 11.5 Å². The summed E-state index contributed by atoms with van der Waals surface area (Å²) in [6, 6.07) is 3.83. The minimum Gasteiger partial charge on any atom is -0.478 e. The number of imidazole rings is 1. The zero-order valence-electron chi connectivity index (χ0n) is 17.3. The van der Waals surface area contributed by atoms with Crippen LogP contribution >= 0.6 is 11.6 Å². The molecule has 4 heterocycles. The van der Waals surface area contributed by atoms with E-state index >= 15 is 0 Å². The van der Waals surface area contributed by atoms with E-state index in [0.717, 1.165) is 6.04 Å². The molecule has 0 spiro atoms. The van der Waals surface area contributed by atoms with Gasteiger partial charge in [-0.3, -0.25) is 4.40 Å². The standard InChI is InChI=1S/C20H21ClFN5O3Si/c1-31(2,3)7-6-30-11-26-10-13(19(28)29)16-18(26)23-8-14(24-16)17-15-5-4-12(22)9-27(15)20(21)25-17/h4-5,8-10H,6-7,11H2,1-3H3,(H,28,29). The van der Waals surface area contributed by atoms with E-state index in [1.54, 1.807) is 4.57 Å². The molecule has 0 atom stereocenters. The van der Waals surface area contributed by atoms with Gasteiger partial charge in [0.1, 0.15) is 35.0 Å². The molecule has 4 rings (SSSR count). The van der Waals surface area contributed by atoms with Gasteiger partial charge in [0.25, 0.3) is 0 Å². The minimum absolute atomic E-state index is 0.0128. The van der Waals surface area contributed by atoms with Gasteiger partial charge >= 0.3 is 5.97 Å². The monoisotopic (exact) mass is 461 g/mol. The van der Waals surface area contributed by atoms with Crippen molar-refractivity contribution in [2.75, 3.05) is 6.61 Å². The molecule has 8 nitrogen and oxygen atoms in total. The predicted molar refractivity (Wildman–Crippen MR) is 118 cm³/mol. The second-order valence-corrected chi connectivity index (χ2v) is 14.4. The largest absolute Gasteiger partial charge is 0.478 e. The highest BCUT2D eigenvalue weighted by atomic mass is 35.5. The quantitative estimate of drug-likeness (QED) is 0.320. The number of carbonyl (C=O) groups is 1. The van der Waals surface area contributed by atoms with Crippen LogP contribution < -0.4 is 0 Å². The minimum atomic E-state index is -1.23. The maximum absolute atomic E-state index is 13.6. The van der Waals surface area contributed by atoms with Crippen LogP contribution in [-0.4, -0.2) is 49.7 Å². The molecular formula is C20H21ClFN5O3Si. The number of fused-ring (bicyclic) bond motifs is 2. The van der Waals surface area contributed by atoms with Crippen molar-refractivity contribution < 1.29 is 19.0 Å². The summed E-state index contributed by atoms with van der Waals surface area (Å²) >= 11 is 6.13. The van der Waals surface area contributed by atoms with Crippen LogP contribution in [0.15, 0.2) is 30.7 Å². The van der Waals surface area contributed by atoms with Crippen LogP contribution in [0.3, 0.4) is 0 Å². The van der Waals surface area contributed by atoms with Crippen molar-refractivity contribution in [1.82, 2.24) is 23.9 Å². The molecule has 0 bridgehead atoms. The maximum Gasteiger partial charge on any atom is 0.339 e. The molecule has 0 saturated carbocycles. The summed E-state index contributed by atoms with van der Waals surface area (Å²) in [6.45, 7) is 7.56. The number of ether oxygens (including phenoxy) is 1. The molecular weight excluding hydrogens is 441 g/mol. The lowest BCUT2D eigenvalue weighted by atomic mass is 10.2. The Bertz CT molecular complexity index is 1300. The zero-order chi connectivity index (χ0) is 22.3. The third-order valence-corrected chi connectivity index (χ3v) is 6.79. The molecule has 0 aliphatic rings. The highest BCUT2D eigenvalue weighted by Crippen LogP contribution is 2.28. The number of carboxylic acid groups (broad SMARTS) is 1. The van der Waals surface area contributed by atoms with Gasteiger partial charge in [0, 0.05) is 27.1 Å². The van der Waals surface area contributed by atoms with Crippen LogP contribution in [0.25, 0.3) is 28.1 Å². The van der Waals surface area contributed by atoms with Crippen molar-refractivity contribution in [3.63, 3.8) is 0 Å². The lowest BCUT2D eigenvalue weighted by Gasteiger charge is -2.15. The first-order valence-corrected chi connectivity index (χ1v) is 13.7. The molecule has 31 heavy (non-hydrogen) atoms. The van der Waals surface area contributed by atoms with Gasteiger partial charge in [0.2, 0.25) is 5.28 Å². The second-order valence-electron chi connectivity index (χ2n) is 8.43. The number of halogens is 2. The number of aromatic nitrogens is 5. The molecule has 0 aliphatic carbocycles. The lowest BCUT2D eigenvalue weighted by Crippen LogP contribution is -2.22. The van der Waals surface area contributed by atoms with Gasteiger partial charge in [0.15, 0.2) is 5.65 Å². The van der Waals surface area contributed by atoms with E-state index in [9.17, 15) is 14.3 Å². The zero-order valence-corrected chi connectivity index (χ0v) is 19.0. The highest BCUT2D eigenvalue weighted by molar-refractivity contribution is 6.76. The van der Waals surface area contributed by atoms with Gasteiger partial charge in [0.05, 0.1) is 11.7 Å². The Balaban J connectivity index is 1.72. The van der Waals surface area contributed by atoms with E-state index in [1.807, 2.05) is 0 Å². The fourth-order valence-corrected chi connectivity index (χ4v) is 4.16. The normalized spacial score (nSPS) is 12.2. The van der Waals surface area contributed by atoms with Gasteiger partial charge in [-0.05, 0) is 29.8 Å². The van der Waals surface area contributed by atoms with Crippen molar-refractivity contribution in [2.45, 2.75) is 32.4 Å². The number of nitrogens with zero attached hydrogens (tertiary/aromatic N) is 5. The SMILES string of the molecule is C[Si](C)(C)CCOCn1cc(C(=O)O)c2nc(-c3nc(Cl)n4cc(F)ccc34)cnc21. The van der Waals surface area contributed by atoms with Crippen LogP contribution in [0.4, 0.5) is 4.39 Å². The van der Waals surface area contributed by atoms with Crippen molar-refractivity contribution >= 4 is 42.3 Å². The lowest BCUT2D eigenvalue weighted by molar-refractivity contribution is 0.0696. The van der Waals surface area contributed by atoms with E-state index in [-0.39, 0.29) is 23.1 Å². The summed E-state index contributed by atoms with van der Waals surface area (Å²) < 4.78 is 22.3. The second kappa shape index (κ2) is 8.02. The summed E-state index contributed by atoms with van der Waals surface area (Å²) in [5.41, 5.74) is 1.89.